The van der Waals surface area contributed by atoms with Crippen LogP contribution in [0.15, 0.2) is 65.5 Å². The first kappa shape index (κ1) is 29.7. The number of unbranched alkanes of at least 4 members (excludes halogenated alkanes) is 2. The maximum Gasteiger partial charge on any atom is 0.410 e. The number of hydrogen-bond acceptors (Lipinski definition) is 4. The van der Waals surface area contributed by atoms with Gasteiger partial charge in [0.15, 0.2) is 0 Å². The van der Waals surface area contributed by atoms with Crippen molar-refractivity contribution in [2.75, 3.05) is 13.2 Å². The first-order valence-corrected chi connectivity index (χ1v) is 14.1. The number of benzene rings is 2. The fraction of sp³-hybridized carbons (Fsp3) is 0.424. The number of nitriles is 1. The Morgan fingerprint density at radius 3 is 2.38 bits per heavy atom. The molecule has 6 nitrogen and oxygen atoms in total. The zero-order chi connectivity index (χ0) is 28.2. The number of amides is 1. The second kappa shape index (κ2) is 14.9. The molecule has 2 aromatic carbocycles. The lowest BCUT2D eigenvalue weighted by Crippen LogP contribution is -2.36. The van der Waals surface area contributed by atoms with Crippen molar-refractivity contribution in [1.29, 1.82) is 5.26 Å². The van der Waals surface area contributed by atoms with E-state index in [0.717, 1.165) is 54.5 Å². The Morgan fingerprint density at radius 2 is 1.72 bits per heavy atom. The summed E-state index contributed by atoms with van der Waals surface area (Å²) in [6, 6.07) is 21.8. The highest BCUT2D eigenvalue weighted by Gasteiger charge is 2.19. The fourth-order valence-electron chi connectivity index (χ4n) is 4.46. The monoisotopic (exact) mass is 527 g/mol. The van der Waals surface area contributed by atoms with Crippen LogP contribution in [0.25, 0.3) is 11.1 Å². The molecule has 0 aliphatic carbocycles. The molecule has 1 amide bonds. The van der Waals surface area contributed by atoms with Crippen LogP contribution in [0.1, 0.15) is 75.8 Å². The molecule has 0 aliphatic rings. The molecule has 0 aliphatic heterocycles. The second-order valence-corrected chi connectivity index (χ2v) is 10.4. The van der Waals surface area contributed by atoms with Gasteiger partial charge in [0, 0.05) is 17.8 Å². The Hall–Kier alpha value is -3.85. The number of rotatable bonds is 13. The number of hydrogen-bond donors (Lipinski definition) is 0. The van der Waals surface area contributed by atoms with E-state index >= 15 is 0 Å². The van der Waals surface area contributed by atoms with Gasteiger partial charge in [-0.2, -0.15) is 5.26 Å². The van der Waals surface area contributed by atoms with Crippen LogP contribution in [0, 0.1) is 17.2 Å². The van der Waals surface area contributed by atoms with Gasteiger partial charge in [0.1, 0.15) is 0 Å². The normalized spacial score (nSPS) is 10.9. The van der Waals surface area contributed by atoms with Gasteiger partial charge in [0.2, 0.25) is 0 Å². The molecule has 1 aromatic heterocycles. The third-order valence-corrected chi connectivity index (χ3v) is 6.72. The molecule has 206 valence electrons. The van der Waals surface area contributed by atoms with E-state index in [4.69, 9.17) is 4.74 Å². The summed E-state index contributed by atoms with van der Waals surface area (Å²) in [4.78, 5) is 28.3. The van der Waals surface area contributed by atoms with E-state index in [9.17, 15) is 14.9 Å². The van der Waals surface area contributed by atoms with Crippen LogP contribution in [0.5, 0.6) is 0 Å². The maximum absolute atomic E-state index is 13.8. The average molecular weight is 528 g/mol. The summed E-state index contributed by atoms with van der Waals surface area (Å²) >= 11 is 0. The highest BCUT2D eigenvalue weighted by Crippen LogP contribution is 2.24. The smallest absolute Gasteiger partial charge is 0.410 e. The molecule has 3 aromatic rings. The van der Waals surface area contributed by atoms with Gasteiger partial charge in [-0.1, -0.05) is 83.0 Å². The van der Waals surface area contributed by atoms with Crippen LogP contribution in [-0.2, 0) is 24.2 Å². The second-order valence-electron chi connectivity index (χ2n) is 10.4. The minimum absolute atomic E-state index is 0.0688. The van der Waals surface area contributed by atoms with Crippen LogP contribution in [0.3, 0.4) is 0 Å². The Labute approximate surface area is 232 Å². The first-order chi connectivity index (χ1) is 18.9. The summed E-state index contributed by atoms with van der Waals surface area (Å²) < 4.78 is 7.35. The van der Waals surface area contributed by atoms with Crippen LogP contribution < -0.4 is 5.56 Å². The molecular formula is C33H41N3O3. The lowest BCUT2D eigenvalue weighted by Gasteiger charge is -2.23. The SMILES string of the molecule is CCCCc1ccc(CN(CCCC)C(=O)OCC(C)C)c(=O)n1Cc1ccc(-c2ccccc2C#N)cc1. The lowest BCUT2D eigenvalue weighted by molar-refractivity contribution is 0.0889. The van der Waals surface area contributed by atoms with Gasteiger partial charge < -0.3 is 14.2 Å². The van der Waals surface area contributed by atoms with E-state index in [1.165, 1.54) is 0 Å². The largest absolute Gasteiger partial charge is 0.449 e. The topological polar surface area (TPSA) is 75.3 Å². The zero-order valence-corrected chi connectivity index (χ0v) is 23.8. The van der Waals surface area contributed by atoms with Crippen molar-refractivity contribution in [1.82, 2.24) is 9.47 Å². The molecule has 0 spiro atoms. The van der Waals surface area contributed by atoms with Crippen molar-refractivity contribution in [2.45, 2.75) is 72.9 Å². The molecule has 0 bridgehead atoms. The molecule has 0 N–H and O–H groups in total. The van der Waals surface area contributed by atoms with Gasteiger partial charge in [0.25, 0.3) is 5.56 Å². The third-order valence-electron chi connectivity index (χ3n) is 6.72. The van der Waals surface area contributed by atoms with Gasteiger partial charge in [0.05, 0.1) is 31.3 Å². The quantitative estimate of drug-likeness (QED) is 0.236. The van der Waals surface area contributed by atoms with Gasteiger partial charge >= 0.3 is 6.09 Å². The number of nitrogens with zero attached hydrogens (tertiary/aromatic N) is 3. The summed E-state index contributed by atoms with van der Waals surface area (Å²) in [7, 11) is 0. The molecular weight excluding hydrogens is 486 g/mol. The predicted octanol–water partition coefficient (Wildman–Crippen LogP) is 7.17. The van der Waals surface area contributed by atoms with Crippen molar-refractivity contribution in [3.8, 4) is 17.2 Å². The van der Waals surface area contributed by atoms with Crippen molar-refractivity contribution in [3.63, 3.8) is 0 Å². The summed E-state index contributed by atoms with van der Waals surface area (Å²) in [6.07, 6.45) is 4.27. The lowest BCUT2D eigenvalue weighted by atomic mass is 9.99. The average Bonchev–Trinajstić information content (AvgIpc) is 2.95. The molecule has 39 heavy (non-hydrogen) atoms. The van der Waals surface area contributed by atoms with E-state index in [-0.39, 0.29) is 24.1 Å². The summed E-state index contributed by atoms with van der Waals surface area (Å²) in [6.45, 7) is 9.82. The Kier molecular flexibility index (Phi) is 11.4. The predicted molar refractivity (Wildman–Crippen MR) is 157 cm³/mol. The fourth-order valence-corrected chi connectivity index (χ4v) is 4.46. The minimum atomic E-state index is -0.369. The van der Waals surface area contributed by atoms with Crippen LogP contribution >= 0.6 is 0 Å². The molecule has 0 fully saturated rings. The van der Waals surface area contributed by atoms with E-state index < -0.39 is 0 Å². The van der Waals surface area contributed by atoms with Crippen LogP contribution in [-0.4, -0.2) is 28.7 Å². The number of ether oxygens (including phenoxy) is 1. The number of aryl methyl sites for hydroxylation is 1. The Balaban J connectivity index is 1.90. The number of carbonyl (C=O) groups excluding carboxylic acids is 1. The highest BCUT2D eigenvalue weighted by molar-refractivity contribution is 5.70. The minimum Gasteiger partial charge on any atom is -0.449 e. The first-order valence-electron chi connectivity index (χ1n) is 14.1. The molecule has 6 heteroatoms. The third kappa shape index (κ3) is 8.32. The Morgan fingerprint density at radius 1 is 1.00 bits per heavy atom. The summed E-state index contributed by atoms with van der Waals surface area (Å²) in [5.74, 6) is 0.247. The maximum atomic E-state index is 13.8. The molecule has 0 atom stereocenters. The van der Waals surface area contributed by atoms with Gasteiger partial charge in [-0.25, -0.2) is 4.79 Å². The van der Waals surface area contributed by atoms with E-state index in [0.29, 0.717) is 30.8 Å². The van der Waals surface area contributed by atoms with Crippen molar-refractivity contribution < 1.29 is 9.53 Å². The number of carbonyl (C=O) groups is 1. The molecule has 0 saturated carbocycles. The van der Waals surface area contributed by atoms with Crippen molar-refractivity contribution >= 4 is 6.09 Å². The van der Waals surface area contributed by atoms with Crippen LogP contribution in [0.4, 0.5) is 4.79 Å². The van der Waals surface area contributed by atoms with Gasteiger partial charge in [-0.05, 0) is 60.1 Å². The van der Waals surface area contributed by atoms with Crippen molar-refractivity contribution in [3.05, 3.63) is 93.4 Å². The molecule has 0 saturated heterocycles. The Bertz CT molecular complexity index is 1320. The van der Waals surface area contributed by atoms with E-state index in [2.05, 4.69) is 19.9 Å². The summed E-state index contributed by atoms with van der Waals surface area (Å²) in [5, 5.41) is 9.47. The zero-order valence-electron chi connectivity index (χ0n) is 23.8. The van der Waals surface area contributed by atoms with Gasteiger partial charge in [-0.15, -0.1) is 0 Å². The van der Waals surface area contributed by atoms with E-state index in [1.807, 2.05) is 79.1 Å². The molecule has 3 rings (SSSR count). The molecule has 1 heterocycles. The number of pyridine rings is 1. The highest BCUT2D eigenvalue weighted by atomic mass is 16.6. The van der Waals surface area contributed by atoms with Crippen molar-refractivity contribution in [2.24, 2.45) is 5.92 Å². The summed E-state index contributed by atoms with van der Waals surface area (Å²) in [5.41, 5.74) is 5.01. The van der Waals surface area contributed by atoms with E-state index in [1.54, 1.807) is 4.90 Å². The molecule has 0 unspecified atom stereocenters. The van der Waals surface area contributed by atoms with Crippen LogP contribution in [0.2, 0.25) is 0 Å². The van der Waals surface area contributed by atoms with Gasteiger partial charge in [-0.3, -0.25) is 4.79 Å². The number of aromatic nitrogens is 1. The standard InChI is InChI=1S/C33H41N3O3/c1-5-7-12-30-19-18-29(23-35(20-8-6-2)33(38)39-24-25(3)4)32(37)36(30)22-26-14-16-27(17-15-26)31-13-10-9-11-28(31)21-34/h9-11,13-19,25H,5-8,12,20,22-24H2,1-4H3. The molecule has 0 radical (unpaired) electrons.